The Labute approximate surface area is 165 Å². The van der Waals surface area contributed by atoms with Crippen molar-refractivity contribution >= 4 is 11.6 Å². The number of hydrogen-bond acceptors (Lipinski definition) is 7. The predicted molar refractivity (Wildman–Crippen MR) is 103 cm³/mol. The number of methoxy groups -OCH3 is 1. The standard InChI is InChI=1S/C20H17FN6O2/c1-28-18-5-2-12(8-22-18)14-9-23-20(27-11-25-26-19(14)27)24-10-15-13-6-7-29-17(13)4-3-16(15)21/h2-5,8-9,11H,6-7,10H2,1H3,(H,23,24). The van der Waals surface area contributed by atoms with Gasteiger partial charge in [-0.15, -0.1) is 10.2 Å². The van der Waals surface area contributed by atoms with E-state index in [1.807, 2.05) is 6.07 Å². The lowest BCUT2D eigenvalue weighted by molar-refractivity contribution is 0.356. The molecule has 0 atom stereocenters. The highest BCUT2D eigenvalue weighted by atomic mass is 19.1. The Kier molecular flexibility index (Phi) is 4.19. The van der Waals surface area contributed by atoms with E-state index < -0.39 is 0 Å². The zero-order valence-electron chi connectivity index (χ0n) is 15.6. The molecular weight excluding hydrogens is 375 g/mol. The molecule has 0 fully saturated rings. The maximum absolute atomic E-state index is 14.4. The van der Waals surface area contributed by atoms with Gasteiger partial charge in [0.15, 0.2) is 5.65 Å². The summed E-state index contributed by atoms with van der Waals surface area (Å²) >= 11 is 0. The lowest BCUT2D eigenvalue weighted by Crippen LogP contribution is -2.09. The van der Waals surface area contributed by atoms with Crippen molar-refractivity contribution in [2.75, 3.05) is 19.0 Å². The Morgan fingerprint density at radius 3 is 2.97 bits per heavy atom. The predicted octanol–water partition coefficient (Wildman–Crippen LogP) is 2.88. The zero-order chi connectivity index (χ0) is 19.8. The lowest BCUT2D eigenvalue weighted by Gasteiger charge is -2.12. The number of ether oxygens (including phenoxy) is 2. The number of halogens is 1. The van der Waals surface area contributed by atoms with Gasteiger partial charge in [-0.05, 0) is 18.2 Å². The van der Waals surface area contributed by atoms with Crippen molar-refractivity contribution in [1.82, 2.24) is 24.6 Å². The van der Waals surface area contributed by atoms with Crippen molar-refractivity contribution in [3.05, 3.63) is 59.9 Å². The average Bonchev–Trinajstić information content (AvgIpc) is 3.43. The number of nitrogens with one attached hydrogen (secondary N) is 1. The number of rotatable bonds is 5. The molecule has 146 valence electrons. The summed E-state index contributed by atoms with van der Waals surface area (Å²) in [5.41, 5.74) is 3.73. The Hall–Kier alpha value is -3.75. The highest BCUT2D eigenvalue weighted by molar-refractivity contribution is 5.77. The molecule has 5 rings (SSSR count). The van der Waals surface area contributed by atoms with Gasteiger partial charge in [-0.3, -0.25) is 4.40 Å². The molecule has 0 saturated carbocycles. The largest absolute Gasteiger partial charge is 0.493 e. The van der Waals surface area contributed by atoms with Crippen LogP contribution in [0.3, 0.4) is 0 Å². The molecule has 0 spiro atoms. The molecule has 1 N–H and O–H groups in total. The van der Waals surface area contributed by atoms with Gasteiger partial charge in [-0.1, -0.05) is 0 Å². The van der Waals surface area contributed by atoms with Crippen LogP contribution in [-0.4, -0.2) is 38.3 Å². The SMILES string of the molecule is COc1ccc(-c2cnc(NCc3c(F)ccc4c3CCO4)n3cnnc23)cn1. The molecule has 0 aliphatic carbocycles. The Morgan fingerprint density at radius 1 is 1.21 bits per heavy atom. The monoisotopic (exact) mass is 392 g/mol. The van der Waals surface area contributed by atoms with Crippen LogP contribution in [0, 0.1) is 5.82 Å². The van der Waals surface area contributed by atoms with Gasteiger partial charge < -0.3 is 14.8 Å². The summed E-state index contributed by atoms with van der Waals surface area (Å²) in [5, 5.41) is 11.4. The second kappa shape index (κ2) is 7.01. The van der Waals surface area contributed by atoms with Crippen LogP contribution in [0.4, 0.5) is 10.3 Å². The van der Waals surface area contributed by atoms with Gasteiger partial charge in [0.2, 0.25) is 11.8 Å². The van der Waals surface area contributed by atoms with Crippen molar-refractivity contribution in [3.63, 3.8) is 0 Å². The second-order valence-electron chi connectivity index (χ2n) is 6.56. The molecule has 0 amide bonds. The van der Waals surface area contributed by atoms with Crippen molar-refractivity contribution in [3.8, 4) is 22.8 Å². The first kappa shape index (κ1) is 17.4. The molecule has 0 bridgehead atoms. The molecule has 1 aliphatic heterocycles. The number of benzene rings is 1. The van der Waals surface area contributed by atoms with Crippen molar-refractivity contribution in [1.29, 1.82) is 0 Å². The van der Waals surface area contributed by atoms with Gasteiger partial charge in [-0.25, -0.2) is 14.4 Å². The average molecular weight is 392 g/mol. The van der Waals surface area contributed by atoms with E-state index in [1.54, 1.807) is 42.4 Å². The van der Waals surface area contributed by atoms with E-state index in [-0.39, 0.29) is 12.4 Å². The van der Waals surface area contributed by atoms with E-state index in [0.717, 1.165) is 22.4 Å². The third kappa shape index (κ3) is 3.00. The van der Waals surface area contributed by atoms with Crippen LogP contribution in [0.15, 0.2) is 43.0 Å². The minimum atomic E-state index is -0.261. The lowest BCUT2D eigenvalue weighted by atomic mass is 10.0. The second-order valence-corrected chi connectivity index (χ2v) is 6.56. The van der Waals surface area contributed by atoms with Crippen LogP contribution < -0.4 is 14.8 Å². The summed E-state index contributed by atoms with van der Waals surface area (Å²) in [6, 6.07) is 6.76. The number of fused-ring (bicyclic) bond motifs is 2. The van der Waals surface area contributed by atoms with Crippen LogP contribution in [0.2, 0.25) is 0 Å². The first-order valence-corrected chi connectivity index (χ1v) is 9.10. The fourth-order valence-corrected chi connectivity index (χ4v) is 3.49. The van der Waals surface area contributed by atoms with E-state index in [2.05, 4.69) is 25.5 Å². The van der Waals surface area contributed by atoms with E-state index in [0.29, 0.717) is 36.1 Å². The molecular formula is C20H17FN6O2. The van der Waals surface area contributed by atoms with Crippen molar-refractivity contribution in [2.45, 2.75) is 13.0 Å². The third-order valence-electron chi connectivity index (χ3n) is 4.95. The Balaban J connectivity index is 1.47. The smallest absolute Gasteiger partial charge is 0.212 e. The summed E-state index contributed by atoms with van der Waals surface area (Å²) in [5.74, 6) is 1.53. The number of aromatic nitrogens is 5. The number of hydrogen-bond donors (Lipinski definition) is 1. The first-order valence-electron chi connectivity index (χ1n) is 9.10. The Morgan fingerprint density at radius 2 is 2.14 bits per heavy atom. The molecule has 1 aromatic carbocycles. The van der Waals surface area contributed by atoms with Crippen LogP contribution >= 0.6 is 0 Å². The molecule has 29 heavy (non-hydrogen) atoms. The molecule has 0 radical (unpaired) electrons. The van der Waals surface area contributed by atoms with E-state index in [1.165, 1.54) is 6.07 Å². The highest BCUT2D eigenvalue weighted by Crippen LogP contribution is 2.31. The number of pyridine rings is 1. The Bertz CT molecular complexity index is 1190. The molecule has 4 aromatic rings. The van der Waals surface area contributed by atoms with Gasteiger partial charge >= 0.3 is 0 Å². The van der Waals surface area contributed by atoms with Crippen molar-refractivity contribution in [2.24, 2.45) is 0 Å². The van der Waals surface area contributed by atoms with E-state index >= 15 is 0 Å². The summed E-state index contributed by atoms with van der Waals surface area (Å²) in [7, 11) is 1.57. The number of anilines is 1. The van der Waals surface area contributed by atoms with Gasteiger partial charge in [0.1, 0.15) is 17.9 Å². The summed E-state index contributed by atoms with van der Waals surface area (Å²) in [6.07, 6.45) is 5.66. The summed E-state index contributed by atoms with van der Waals surface area (Å²) < 4.78 is 26.8. The highest BCUT2D eigenvalue weighted by Gasteiger charge is 2.20. The van der Waals surface area contributed by atoms with Gasteiger partial charge in [0, 0.05) is 53.7 Å². The maximum Gasteiger partial charge on any atom is 0.212 e. The summed E-state index contributed by atoms with van der Waals surface area (Å²) in [4.78, 5) is 8.72. The van der Waals surface area contributed by atoms with Crippen LogP contribution in [-0.2, 0) is 13.0 Å². The molecule has 4 heterocycles. The molecule has 9 heteroatoms. The maximum atomic E-state index is 14.4. The van der Waals surface area contributed by atoms with Gasteiger partial charge in [-0.2, -0.15) is 0 Å². The summed E-state index contributed by atoms with van der Waals surface area (Å²) in [6.45, 7) is 0.854. The third-order valence-corrected chi connectivity index (χ3v) is 4.95. The molecule has 8 nitrogen and oxygen atoms in total. The fraction of sp³-hybridized carbons (Fsp3) is 0.200. The van der Waals surface area contributed by atoms with Gasteiger partial charge in [0.25, 0.3) is 0 Å². The van der Waals surface area contributed by atoms with Crippen LogP contribution in [0.1, 0.15) is 11.1 Å². The molecule has 1 aliphatic rings. The quantitative estimate of drug-likeness (QED) is 0.559. The minimum Gasteiger partial charge on any atom is -0.493 e. The molecule has 0 saturated heterocycles. The fourth-order valence-electron chi connectivity index (χ4n) is 3.49. The zero-order valence-corrected chi connectivity index (χ0v) is 15.6. The number of nitrogens with zero attached hydrogens (tertiary/aromatic N) is 5. The normalized spacial score (nSPS) is 12.6. The topological polar surface area (TPSA) is 86.5 Å². The first-order chi connectivity index (χ1) is 14.2. The van der Waals surface area contributed by atoms with Crippen LogP contribution in [0.5, 0.6) is 11.6 Å². The van der Waals surface area contributed by atoms with Crippen molar-refractivity contribution < 1.29 is 13.9 Å². The van der Waals surface area contributed by atoms with Crippen LogP contribution in [0.25, 0.3) is 16.8 Å². The van der Waals surface area contributed by atoms with E-state index in [9.17, 15) is 4.39 Å². The molecule has 3 aromatic heterocycles. The molecule has 0 unspecified atom stereocenters. The van der Waals surface area contributed by atoms with Gasteiger partial charge in [0.05, 0.1) is 13.7 Å². The van der Waals surface area contributed by atoms with E-state index in [4.69, 9.17) is 9.47 Å². The minimum absolute atomic E-state index is 0.261.